The number of methoxy groups -OCH3 is 1. The highest BCUT2D eigenvalue weighted by Gasteiger charge is 2.18. The lowest BCUT2D eigenvalue weighted by atomic mass is 10.1. The van der Waals surface area contributed by atoms with Gasteiger partial charge in [0, 0.05) is 32.8 Å². The molecule has 0 saturated carbocycles. The Labute approximate surface area is 260 Å². The molecule has 0 saturated heterocycles. The number of benzene rings is 5. The molecule has 0 fully saturated rings. The zero-order valence-corrected chi connectivity index (χ0v) is 25.1. The third kappa shape index (κ3) is 7.53. The number of hydrogen-bond donors (Lipinski definition) is 3. The number of para-hydroxylation sites is 1. The summed E-state index contributed by atoms with van der Waals surface area (Å²) >= 11 is 1.42. The molecule has 0 radical (unpaired) electrons. The van der Waals surface area contributed by atoms with Gasteiger partial charge in [0.1, 0.15) is 11.4 Å². The molecule has 0 aromatic heterocycles. The van der Waals surface area contributed by atoms with Crippen molar-refractivity contribution in [2.45, 2.75) is 17.1 Å². The first-order valence-corrected chi connectivity index (χ1v) is 14.9. The van der Waals surface area contributed by atoms with Crippen LogP contribution in [0, 0.1) is 0 Å². The van der Waals surface area contributed by atoms with E-state index in [1.54, 1.807) is 61.7 Å². The minimum absolute atomic E-state index is 0.0560. The van der Waals surface area contributed by atoms with Gasteiger partial charge in [0.15, 0.2) is 0 Å². The Morgan fingerprint density at radius 1 is 0.750 bits per heavy atom. The fraction of sp³-hybridized carbons (Fsp3) is 0.0833. The van der Waals surface area contributed by atoms with E-state index in [4.69, 9.17) is 4.74 Å². The summed E-state index contributed by atoms with van der Waals surface area (Å²) < 4.78 is 5.43. The number of amides is 3. The average molecular weight is 602 g/mol. The van der Waals surface area contributed by atoms with Crippen molar-refractivity contribution in [1.29, 1.82) is 0 Å². The molecule has 220 valence electrons. The second-order valence-corrected chi connectivity index (χ2v) is 11.3. The summed E-state index contributed by atoms with van der Waals surface area (Å²) in [4.78, 5) is 40.2. The molecule has 44 heavy (non-hydrogen) atoms. The van der Waals surface area contributed by atoms with E-state index in [0.29, 0.717) is 22.6 Å². The Morgan fingerprint density at radius 2 is 1.43 bits per heavy atom. The molecule has 5 rings (SSSR count). The SMILES string of the molecule is COc1ccccc1/C=C(\NC(=O)c1ccccc1)C(=O)Nc1ccc(SC(C)C(=O)Nc2cccc3ccccc23)cc1. The van der Waals surface area contributed by atoms with Crippen molar-refractivity contribution >= 4 is 57.7 Å². The standard InChI is InChI=1S/C36H31N3O4S/c1-24(34(40)38-31-17-10-15-25-11-6-8-16-30(25)31)44-29-21-19-28(20-22-29)37-36(42)32(23-27-14-7-9-18-33(27)43-2)39-35(41)26-12-4-3-5-13-26/h3-24H,1-2H3,(H,37,42)(H,38,40)(H,39,41)/b32-23-. The van der Waals surface area contributed by atoms with Crippen LogP contribution in [0.2, 0.25) is 0 Å². The average Bonchev–Trinajstić information content (AvgIpc) is 3.06. The van der Waals surface area contributed by atoms with E-state index in [2.05, 4.69) is 16.0 Å². The number of ether oxygens (including phenoxy) is 1. The predicted octanol–water partition coefficient (Wildman–Crippen LogP) is 7.38. The second kappa shape index (κ2) is 14.2. The van der Waals surface area contributed by atoms with Crippen molar-refractivity contribution in [1.82, 2.24) is 5.32 Å². The van der Waals surface area contributed by atoms with Crippen molar-refractivity contribution in [2.24, 2.45) is 0 Å². The Kier molecular flexibility index (Phi) is 9.74. The molecule has 0 aliphatic carbocycles. The van der Waals surface area contributed by atoms with Gasteiger partial charge in [-0.05, 0) is 66.9 Å². The van der Waals surface area contributed by atoms with Gasteiger partial charge >= 0.3 is 0 Å². The van der Waals surface area contributed by atoms with Crippen molar-refractivity contribution in [3.05, 3.63) is 138 Å². The Hall–Kier alpha value is -5.34. The van der Waals surface area contributed by atoms with Gasteiger partial charge in [-0.3, -0.25) is 14.4 Å². The van der Waals surface area contributed by atoms with Gasteiger partial charge in [0.2, 0.25) is 5.91 Å². The number of rotatable bonds is 10. The van der Waals surface area contributed by atoms with Gasteiger partial charge in [-0.1, -0.05) is 72.8 Å². The highest BCUT2D eigenvalue weighted by molar-refractivity contribution is 8.00. The molecule has 5 aromatic rings. The zero-order valence-electron chi connectivity index (χ0n) is 24.2. The molecule has 0 spiro atoms. The number of nitrogens with one attached hydrogen (secondary N) is 3. The highest BCUT2D eigenvalue weighted by Crippen LogP contribution is 2.28. The summed E-state index contributed by atoms with van der Waals surface area (Å²) in [5, 5.41) is 10.3. The van der Waals surface area contributed by atoms with E-state index in [1.165, 1.54) is 11.8 Å². The lowest BCUT2D eigenvalue weighted by molar-refractivity contribution is -0.115. The third-order valence-corrected chi connectivity index (χ3v) is 7.92. The maximum atomic E-state index is 13.4. The van der Waals surface area contributed by atoms with Crippen LogP contribution in [-0.2, 0) is 9.59 Å². The van der Waals surface area contributed by atoms with Gasteiger partial charge in [0.05, 0.1) is 12.4 Å². The maximum Gasteiger partial charge on any atom is 0.272 e. The molecule has 7 nitrogen and oxygen atoms in total. The lowest BCUT2D eigenvalue weighted by Gasteiger charge is -2.14. The first-order chi connectivity index (χ1) is 21.4. The van der Waals surface area contributed by atoms with Crippen LogP contribution in [0.4, 0.5) is 11.4 Å². The van der Waals surface area contributed by atoms with Gasteiger partial charge in [-0.15, -0.1) is 11.8 Å². The van der Waals surface area contributed by atoms with Crippen molar-refractivity contribution in [2.75, 3.05) is 17.7 Å². The van der Waals surface area contributed by atoms with Gasteiger partial charge in [-0.25, -0.2) is 0 Å². The summed E-state index contributed by atoms with van der Waals surface area (Å²) in [7, 11) is 1.54. The summed E-state index contributed by atoms with van der Waals surface area (Å²) in [6.45, 7) is 1.85. The van der Waals surface area contributed by atoms with E-state index >= 15 is 0 Å². The summed E-state index contributed by atoms with van der Waals surface area (Å²) in [6, 6.07) is 36.8. The number of anilines is 2. The highest BCUT2D eigenvalue weighted by atomic mass is 32.2. The van der Waals surface area contributed by atoms with Gasteiger partial charge in [0.25, 0.3) is 11.8 Å². The van der Waals surface area contributed by atoms with Crippen LogP contribution >= 0.6 is 11.8 Å². The Balaban J connectivity index is 1.27. The number of fused-ring (bicyclic) bond motifs is 1. The molecule has 3 amide bonds. The molecule has 1 atom stereocenters. The summed E-state index contributed by atoms with van der Waals surface area (Å²) in [6.07, 6.45) is 1.58. The number of carbonyl (C=O) groups is 3. The van der Waals surface area contributed by atoms with Gasteiger partial charge < -0.3 is 20.7 Å². The molecule has 3 N–H and O–H groups in total. The quantitative estimate of drug-likeness (QED) is 0.115. The van der Waals surface area contributed by atoms with Crippen LogP contribution in [0.15, 0.2) is 132 Å². The lowest BCUT2D eigenvalue weighted by Crippen LogP contribution is -2.30. The Morgan fingerprint density at radius 3 is 2.20 bits per heavy atom. The fourth-order valence-electron chi connectivity index (χ4n) is 4.53. The Bertz CT molecular complexity index is 1820. The molecule has 5 aromatic carbocycles. The summed E-state index contributed by atoms with van der Waals surface area (Å²) in [5.74, 6) is -0.455. The largest absolute Gasteiger partial charge is 0.496 e. The zero-order chi connectivity index (χ0) is 30.9. The molecular formula is C36H31N3O4S. The topological polar surface area (TPSA) is 96.5 Å². The number of carbonyl (C=O) groups excluding carboxylic acids is 3. The predicted molar refractivity (Wildman–Crippen MR) is 178 cm³/mol. The minimum atomic E-state index is -0.497. The monoisotopic (exact) mass is 601 g/mol. The molecular weight excluding hydrogens is 570 g/mol. The molecule has 0 heterocycles. The molecule has 8 heteroatoms. The smallest absolute Gasteiger partial charge is 0.272 e. The van der Waals surface area contributed by atoms with E-state index < -0.39 is 11.8 Å². The minimum Gasteiger partial charge on any atom is -0.496 e. The third-order valence-electron chi connectivity index (χ3n) is 6.81. The first-order valence-electron chi connectivity index (χ1n) is 14.0. The maximum absolute atomic E-state index is 13.4. The van der Waals surface area contributed by atoms with Crippen LogP contribution in [-0.4, -0.2) is 30.1 Å². The van der Waals surface area contributed by atoms with Crippen molar-refractivity contribution in [3.63, 3.8) is 0 Å². The fourth-order valence-corrected chi connectivity index (χ4v) is 5.39. The normalized spacial score (nSPS) is 11.8. The van der Waals surface area contributed by atoms with Crippen LogP contribution in [0.3, 0.4) is 0 Å². The molecule has 0 bridgehead atoms. The molecule has 1 unspecified atom stereocenters. The van der Waals surface area contributed by atoms with Gasteiger partial charge in [-0.2, -0.15) is 0 Å². The number of hydrogen-bond acceptors (Lipinski definition) is 5. The number of thioether (sulfide) groups is 1. The van der Waals surface area contributed by atoms with Crippen LogP contribution in [0.1, 0.15) is 22.8 Å². The first kappa shape index (κ1) is 30.1. The van der Waals surface area contributed by atoms with E-state index in [-0.39, 0.29) is 16.9 Å². The van der Waals surface area contributed by atoms with Crippen LogP contribution < -0.4 is 20.7 Å². The van der Waals surface area contributed by atoms with Crippen LogP contribution in [0.25, 0.3) is 16.8 Å². The molecule has 0 aliphatic heterocycles. The second-order valence-electron chi connectivity index (χ2n) is 9.87. The van der Waals surface area contributed by atoms with Crippen LogP contribution in [0.5, 0.6) is 5.75 Å². The molecule has 0 aliphatic rings. The summed E-state index contributed by atoms with van der Waals surface area (Å²) in [5.41, 5.74) is 2.42. The van der Waals surface area contributed by atoms with E-state index in [9.17, 15) is 14.4 Å². The van der Waals surface area contributed by atoms with E-state index in [1.807, 2.05) is 79.7 Å². The van der Waals surface area contributed by atoms with Crippen molar-refractivity contribution in [3.8, 4) is 5.75 Å². The van der Waals surface area contributed by atoms with E-state index in [0.717, 1.165) is 21.4 Å². The van der Waals surface area contributed by atoms with Crippen molar-refractivity contribution < 1.29 is 19.1 Å².